The van der Waals surface area contributed by atoms with Gasteiger partial charge in [0.1, 0.15) is 0 Å². The van der Waals surface area contributed by atoms with Gasteiger partial charge in [0.2, 0.25) is 5.78 Å². The van der Waals surface area contributed by atoms with Gasteiger partial charge in [-0.1, -0.05) is 6.92 Å². The Hall–Kier alpha value is -0.860. The predicted octanol–water partition coefficient (Wildman–Crippen LogP) is 0.244. The van der Waals surface area contributed by atoms with Gasteiger partial charge in [-0.2, -0.15) is 0 Å². The Bertz CT molecular complexity index is 161. The average molecular weight is 141 g/mol. The van der Waals surface area contributed by atoms with Crippen molar-refractivity contribution < 1.29 is 9.59 Å². The number of ketones is 1. The SMILES string of the molecule is CCC(=O)C(=O)NC1CC1. The van der Waals surface area contributed by atoms with E-state index < -0.39 is 5.91 Å². The van der Waals surface area contributed by atoms with Crippen molar-refractivity contribution in [2.24, 2.45) is 0 Å². The van der Waals surface area contributed by atoms with Crippen LogP contribution in [0.4, 0.5) is 0 Å². The summed E-state index contributed by atoms with van der Waals surface area (Å²) in [5.41, 5.74) is 0. The van der Waals surface area contributed by atoms with Crippen LogP contribution >= 0.6 is 0 Å². The van der Waals surface area contributed by atoms with E-state index in [9.17, 15) is 9.59 Å². The Kier molecular flexibility index (Phi) is 2.04. The molecule has 0 atom stereocenters. The molecule has 0 radical (unpaired) electrons. The van der Waals surface area contributed by atoms with Crippen LogP contribution in [0.5, 0.6) is 0 Å². The summed E-state index contributed by atoms with van der Waals surface area (Å²) in [5.74, 6) is -0.725. The lowest BCUT2D eigenvalue weighted by Crippen LogP contribution is -2.31. The lowest BCUT2D eigenvalue weighted by molar-refractivity contribution is -0.137. The van der Waals surface area contributed by atoms with Crippen molar-refractivity contribution >= 4 is 11.7 Å². The Morgan fingerprint density at radius 2 is 2.10 bits per heavy atom. The van der Waals surface area contributed by atoms with E-state index in [0.29, 0.717) is 12.5 Å². The highest BCUT2D eigenvalue weighted by atomic mass is 16.2. The Labute approximate surface area is 59.8 Å². The lowest BCUT2D eigenvalue weighted by atomic mass is 10.3. The van der Waals surface area contributed by atoms with Crippen LogP contribution in [0.3, 0.4) is 0 Å². The van der Waals surface area contributed by atoms with E-state index >= 15 is 0 Å². The van der Waals surface area contributed by atoms with Gasteiger partial charge in [-0.15, -0.1) is 0 Å². The predicted molar refractivity (Wildman–Crippen MR) is 36.5 cm³/mol. The molecule has 0 unspecified atom stereocenters. The van der Waals surface area contributed by atoms with E-state index in [1.54, 1.807) is 6.92 Å². The van der Waals surface area contributed by atoms with E-state index in [2.05, 4.69) is 5.32 Å². The van der Waals surface area contributed by atoms with Crippen LogP contribution in [-0.2, 0) is 9.59 Å². The van der Waals surface area contributed by atoms with E-state index in [1.807, 2.05) is 0 Å². The van der Waals surface area contributed by atoms with Gasteiger partial charge in [0.25, 0.3) is 5.91 Å². The first kappa shape index (κ1) is 7.25. The van der Waals surface area contributed by atoms with Gasteiger partial charge in [0.15, 0.2) is 0 Å². The number of carbonyl (C=O) groups excluding carboxylic acids is 2. The zero-order valence-corrected chi connectivity index (χ0v) is 6.02. The number of hydrogen-bond acceptors (Lipinski definition) is 2. The normalized spacial score (nSPS) is 16.5. The summed E-state index contributed by atoms with van der Waals surface area (Å²) in [7, 11) is 0. The largest absolute Gasteiger partial charge is 0.347 e. The summed E-state index contributed by atoms with van der Waals surface area (Å²) in [4.78, 5) is 21.4. The number of rotatable bonds is 3. The summed E-state index contributed by atoms with van der Waals surface area (Å²) in [6.07, 6.45) is 2.37. The molecule has 3 heteroatoms. The molecular formula is C7H11NO2. The molecule has 0 bridgehead atoms. The van der Waals surface area contributed by atoms with Crippen molar-refractivity contribution in [2.75, 3.05) is 0 Å². The van der Waals surface area contributed by atoms with Gasteiger partial charge in [0, 0.05) is 12.5 Å². The molecule has 1 fully saturated rings. The molecule has 1 saturated carbocycles. The molecular weight excluding hydrogens is 130 g/mol. The standard InChI is InChI=1S/C7H11NO2/c1-2-6(9)7(10)8-5-3-4-5/h5H,2-4H2,1H3,(H,8,10). The first-order valence-corrected chi connectivity index (χ1v) is 3.57. The first-order chi connectivity index (χ1) is 4.74. The fourth-order valence-corrected chi connectivity index (χ4v) is 0.654. The fraction of sp³-hybridized carbons (Fsp3) is 0.714. The van der Waals surface area contributed by atoms with Crippen LogP contribution in [0, 0.1) is 0 Å². The third kappa shape index (κ3) is 1.83. The number of nitrogens with one attached hydrogen (secondary N) is 1. The summed E-state index contributed by atoms with van der Waals surface area (Å²) in [6, 6.07) is 0.294. The van der Waals surface area contributed by atoms with E-state index in [4.69, 9.17) is 0 Å². The van der Waals surface area contributed by atoms with Gasteiger partial charge in [-0.25, -0.2) is 0 Å². The van der Waals surface area contributed by atoms with Crippen molar-refractivity contribution in [3.05, 3.63) is 0 Å². The maximum Gasteiger partial charge on any atom is 0.287 e. The van der Waals surface area contributed by atoms with Crippen molar-refractivity contribution in [1.82, 2.24) is 5.32 Å². The third-order valence-electron chi connectivity index (χ3n) is 1.49. The number of carbonyl (C=O) groups is 2. The molecule has 0 aromatic heterocycles. The molecule has 1 aliphatic carbocycles. The molecule has 0 spiro atoms. The van der Waals surface area contributed by atoms with Crippen LogP contribution in [0.15, 0.2) is 0 Å². The Morgan fingerprint density at radius 1 is 1.50 bits per heavy atom. The second-order valence-electron chi connectivity index (χ2n) is 2.52. The molecule has 1 amide bonds. The fourth-order valence-electron chi connectivity index (χ4n) is 0.654. The number of Topliss-reactive ketones (excluding diaryl/α,β-unsaturated/α-hetero) is 1. The Morgan fingerprint density at radius 3 is 2.50 bits per heavy atom. The quantitative estimate of drug-likeness (QED) is 0.572. The van der Waals surface area contributed by atoms with Crippen molar-refractivity contribution in [2.45, 2.75) is 32.2 Å². The molecule has 1 rings (SSSR count). The smallest absolute Gasteiger partial charge is 0.287 e. The highest BCUT2D eigenvalue weighted by Crippen LogP contribution is 2.18. The average Bonchev–Trinajstić information content (AvgIpc) is 2.70. The molecule has 1 N–H and O–H groups in total. The minimum atomic E-state index is -0.412. The highest BCUT2D eigenvalue weighted by Gasteiger charge is 2.25. The van der Waals surface area contributed by atoms with Crippen LogP contribution < -0.4 is 5.32 Å². The van der Waals surface area contributed by atoms with E-state index in [1.165, 1.54) is 0 Å². The van der Waals surface area contributed by atoms with Gasteiger partial charge in [0.05, 0.1) is 0 Å². The Balaban J connectivity index is 2.25. The molecule has 0 saturated heterocycles. The summed E-state index contributed by atoms with van der Waals surface area (Å²) in [6.45, 7) is 1.69. The zero-order chi connectivity index (χ0) is 7.56. The van der Waals surface area contributed by atoms with Crippen molar-refractivity contribution in [3.8, 4) is 0 Å². The van der Waals surface area contributed by atoms with Gasteiger partial charge < -0.3 is 5.32 Å². The second kappa shape index (κ2) is 2.82. The van der Waals surface area contributed by atoms with Crippen molar-refractivity contribution in [1.29, 1.82) is 0 Å². The van der Waals surface area contributed by atoms with Gasteiger partial charge >= 0.3 is 0 Å². The van der Waals surface area contributed by atoms with Crippen LogP contribution in [0.2, 0.25) is 0 Å². The topological polar surface area (TPSA) is 46.2 Å². The molecule has 0 heterocycles. The summed E-state index contributed by atoms with van der Waals surface area (Å²) in [5, 5.41) is 2.62. The van der Waals surface area contributed by atoms with Crippen LogP contribution in [0.1, 0.15) is 26.2 Å². The monoisotopic (exact) mass is 141 g/mol. The zero-order valence-electron chi connectivity index (χ0n) is 6.02. The molecule has 10 heavy (non-hydrogen) atoms. The molecule has 1 aliphatic rings. The van der Waals surface area contributed by atoms with E-state index in [-0.39, 0.29) is 5.78 Å². The lowest BCUT2D eigenvalue weighted by Gasteiger charge is -1.97. The van der Waals surface area contributed by atoms with E-state index in [0.717, 1.165) is 12.8 Å². The van der Waals surface area contributed by atoms with Gasteiger partial charge in [-0.3, -0.25) is 9.59 Å². The maximum atomic E-state index is 10.8. The maximum absolute atomic E-state index is 10.8. The summed E-state index contributed by atoms with van der Waals surface area (Å²) >= 11 is 0. The first-order valence-electron chi connectivity index (χ1n) is 3.57. The minimum absolute atomic E-state index is 0.294. The second-order valence-corrected chi connectivity index (χ2v) is 2.52. The van der Waals surface area contributed by atoms with Crippen LogP contribution in [0.25, 0.3) is 0 Å². The molecule has 3 nitrogen and oxygen atoms in total. The molecule has 0 aliphatic heterocycles. The number of hydrogen-bond donors (Lipinski definition) is 1. The summed E-state index contributed by atoms with van der Waals surface area (Å²) < 4.78 is 0. The minimum Gasteiger partial charge on any atom is -0.347 e. The third-order valence-corrected chi connectivity index (χ3v) is 1.49. The number of amides is 1. The van der Waals surface area contributed by atoms with Crippen LogP contribution in [-0.4, -0.2) is 17.7 Å². The van der Waals surface area contributed by atoms with Crippen molar-refractivity contribution in [3.63, 3.8) is 0 Å². The highest BCUT2D eigenvalue weighted by molar-refractivity contribution is 6.36. The van der Waals surface area contributed by atoms with Gasteiger partial charge in [-0.05, 0) is 12.8 Å². The molecule has 0 aromatic carbocycles. The molecule has 56 valence electrons. The molecule has 0 aromatic rings.